The Balaban J connectivity index is 1.36. The zero-order valence-corrected chi connectivity index (χ0v) is 26.3. The number of benzene rings is 1. The Morgan fingerprint density at radius 1 is 0.532 bits per heavy atom. The van der Waals surface area contributed by atoms with Crippen LogP contribution in [0.1, 0.15) is 44.6 Å². The highest BCUT2D eigenvalue weighted by Gasteiger charge is 2.53. The molecule has 1 aromatic carbocycles. The summed E-state index contributed by atoms with van der Waals surface area (Å²) in [6.07, 6.45) is -17.7. The first-order chi connectivity index (χ1) is 22.5. The van der Waals surface area contributed by atoms with Crippen molar-refractivity contribution in [2.45, 2.75) is 138 Å². The molecule has 0 bridgehead atoms. The molecule has 1 aromatic rings. The van der Waals surface area contributed by atoms with Crippen molar-refractivity contribution in [3.8, 4) is 5.75 Å². The van der Waals surface area contributed by atoms with Crippen molar-refractivity contribution >= 4 is 0 Å². The maximum Gasteiger partial charge on any atom is 0.229 e. The molecule has 47 heavy (non-hydrogen) atoms. The number of rotatable bonds is 15. The third-order valence-corrected chi connectivity index (χ3v) is 8.82. The molecule has 15 atom stereocenters. The van der Waals surface area contributed by atoms with E-state index in [0.29, 0.717) is 5.75 Å². The van der Waals surface area contributed by atoms with Crippen LogP contribution in [0.5, 0.6) is 5.75 Å². The fourth-order valence-electron chi connectivity index (χ4n) is 5.94. The molecule has 0 saturated carbocycles. The molecule has 10 N–H and O–H groups in total. The molecule has 3 saturated heterocycles. The van der Waals surface area contributed by atoms with Gasteiger partial charge in [0, 0.05) is 0 Å². The quantitative estimate of drug-likeness (QED) is 0.0831. The summed E-state index contributed by atoms with van der Waals surface area (Å²) >= 11 is 0. The largest absolute Gasteiger partial charge is 0.462 e. The number of aliphatic hydroxyl groups excluding tert-OH is 10. The van der Waals surface area contributed by atoms with E-state index in [4.69, 9.17) is 28.4 Å². The van der Waals surface area contributed by atoms with Gasteiger partial charge in [-0.05, 0) is 30.5 Å². The molecule has 16 heteroatoms. The molecule has 3 aliphatic heterocycles. The molecule has 0 amide bonds. The van der Waals surface area contributed by atoms with Gasteiger partial charge in [-0.2, -0.15) is 0 Å². The number of hydrogen-bond acceptors (Lipinski definition) is 16. The first kappa shape index (κ1) is 38.2. The Bertz CT molecular complexity index is 1040. The lowest BCUT2D eigenvalue weighted by molar-refractivity contribution is -0.376. The van der Waals surface area contributed by atoms with Gasteiger partial charge in [0.2, 0.25) is 6.29 Å². The van der Waals surface area contributed by atoms with Crippen LogP contribution in [-0.2, 0) is 30.1 Å². The predicted molar refractivity (Wildman–Crippen MR) is 159 cm³/mol. The van der Waals surface area contributed by atoms with E-state index >= 15 is 0 Å². The summed E-state index contributed by atoms with van der Waals surface area (Å²) in [4.78, 5) is 0. The summed E-state index contributed by atoms with van der Waals surface area (Å²) in [5.41, 5.74) is 1.12. The average molecular weight is 679 g/mol. The number of aryl methyl sites for hydroxylation is 1. The molecule has 0 aliphatic carbocycles. The minimum absolute atomic E-state index is 0.359. The van der Waals surface area contributed by atoms with Crippen molar-refractivity contribution in [1.29, 1.82) is 0 Å². The molecule has 0 spiro atoms. The van der Waals surface area contributed by atoms with Crippen LogP contribution in [0, 0.1) is 0 Å². The summed E-state index contributed by atoms with van der Waals surface area (Å²) in [7, 11) is 0. The van der Waals surface area contributed by atoms with E-state index < -0.39 is 112 Å². The topological polar surface area (TPSA) is 258 Å². The van der Waals surface area contributed by atoms with Gasteiger partial charge in [0.15, 0.2) is 12.6 Å². The van der Waals surface area contributed by atoms with Crippen LogP contribution in [0.4, 0.5) is 0 Å². The number of aliphatic hydroxyl groups is 10. The fraction of sp³-hybridized carbons (Fsp3) is 0.806. The highest BCUT2D eigenvalue weighted by atomic mass is 16.8. The van der Waals surface area contributed by atoms with Gasteiger partial charge in [-0.1, -0.05) is 44.7 Å². The highest BCUT2D eigenvalue weighted by Crippen LogP contribution is 2.33. The Kier molecular flexibility index (Phi) is 14.5. The Morgan fingerprint density at radius 2 is 1.00 bits per heavy atom. The number of unbranched alkanes of at least 4 members (excludes halogenated alkanes) is 4. The Hall–Kier alpha value is -1.58. The van der Waals surface area contributed by atoms with E-state index in [1.165, 1.54) is 19.3 Å². The Labute approximate surface area is 272 Å². The lowest BCUT2D eigenvalue weighted by atomic mass is 9.96. The standard InChI is InChI=1S/C31H50O16/c1-2-3-4-5-6-7-15-8-10-16(11-9-15)42-29-25(40)22(37)27(18(13-33)44-29)47-31-26(41)23(38)28(19(14-34)45-31)46-30-24(39)21(36)20(35)17(12-32)43-30/h8-11,17-41H,2-7,12-14H2,1H3/t17-,18-,19-,20+,21+,22-,23-,24-,25-,26-,27-,28+,29-,30+,31+/m1/s1. The molecule has 270 valence electrons. The first-order valence-electron chi connectivity index (χ1n) is 16.2. The van der Waals surface area contributed by atoms with Crippen molar-refractivity contribution in [2.75, 3.05) is 19.8 Å². The van der Waals surface area contributed by atoms with Gasteiger partial charge in [-0.3, -0.25) is 0 Å². The lowest BCUT2D eigenvalue weighted by Crippen LogP contribution is -2.66. The second kappa shape index (κ2) is 17.9. The molecule has 0 radical (unpaired) electrons. The lowest BCUT2D eigenvalue weighted by Gasteiger charge is -2.48. The Morgan fingerprint density at radius 3 is 1.53 bits per heavy atom. The van der Waals surface area contributed by atoms with Gasteiger partial charge in [0.25, 0.3) is 0 Å². The smallest absolute Gasteiger partial charge is 0.229 e. The number of hydrogen-bond donors (Lipinski definition) is 10. The van der Waals surface area contributed by atoms with Crippen LogP contribution in [0.15, 0.2) is 24.3 Å². The fourth-order valence-corrected chi connectivity index (χ4v) is 5.94. The average Bonchev–Trinajstić information content (AvgIpc) is 3.08. The first-order valence-corrected chi connectivity index (χ1v) is 16.2. The van der Waals surface area contributed by atoms with Crippen LogP contribution in [0.2, 0.25) is 0 Å². The minimum atomic E-state index is -1.91. The molecule has 16 nitrogen and oxygen atoms in total. The molecular formula is C31H50O16. The molecule has 3 aliphatic rings. The monoisotopic (exact) mass is 678 g/mol. The van der Waals surface area contributed by atoms with E-state index in [0.717, 1.165) is 24.8 Å². The summed E-state index contributed by atoms with van der Waals surface area (Å²) in [5.74, 6) is 0.359. The van der Waals surface area contributed by atoms with E-state index in [2.05, 4.69) is 6.92 Å². The van der Waals surface area contributed by atoms with Crippen LogP contribution >= 0.6 is 0 Å². The van der Waals surface area contributed by atoms with Crippen molar-refractivity contribution in [2.24, 2.45) is 0 Å². The third-order valence-electron chi connectivity index (χ3n) is 8.82. The van der Waals surface area contributed by atoms with E-state index in [1.807, 2.05) is 12.1 Å². The number of ether oxygens (including phenoxy) is 6. The van der Waals surface area contributed by atoms with Gasteiger partial charge < -0.3 is 79.5 Å². The van der Waals surface area contributed by atoms with E-state index in [1.54, 1.807) is 12.1 Å². The third kappa shape index (κ3) is 9.16. The summed E-state index contributed by atoms with van der Waals surface area (Å²) in [6.45, 7) is -0.0875. The SMILES string of the molecule is CCCCCCCc1ccc(O[C@@H]2O[C@H](CO)[C@@H](O[C@@H]3O[C@H](CO)[C@H](O[C@@H]4O[C@H](CO)[C@H](O)[C@H](O)[C@H]4O)[C@H](O)[C@H]3O)[C@H](O)[C@H]2O)cc1. The zero-order chi connectivity index (χ0) is 34.2. The normalized spacial score (nSPS) is 41.1. The molecule has 0 aromatic heterocycles. The van der Waals surface area contributed by atoms with Gasteiger partial charge in [0.1, 0.15) is 79.0 Å². The maximum atomic E-state index is 11.0. The van der Waals surface area contributed by atoms with Crippen molar-refractivity contribution in [3.63, 3.8) is 0 Å². The second-order valence-electron chi connectivity index (χ2n) is 12.2. The summed E-state index contributed by atoms with van der Waals surface area (Å²) < 4.78 is 33.6. The maximum absolute atomic E-state index is 11.0. The molecular weight excluding hydrogens is 628 g/mol. The van der Waals surface area contributed by atoms with Crippen molar-refractivity contribution < 1.29 is 79.5 Å². The van der Waals surface area contributed by atoms with E-state index in [-0.39, 0.29) is 0 Å². The summed E-state index contributed by atoms with van der Waals surface area (Å²) in [5, 5.41) is 103. The van der Waals surface area contributed by atoms with Gasteiger partial charge in [-0.15, -0.1) is 0 Å². The summed E-state index contributed by atoms with van der Waals surface area (Å²) in [6, 6.07) is 7.22. The second-order valence-corrected chi connectivity index (χ2v) is 12.2. The van der Waals surface area contributed by atoms with Crippen LogP contribution in [0.3, 0.4) is 0 Å². The predicted octanol–water partition coefficient (Wildman–Crippen LogP) is -2.97. The van der Waals surface area contributed by atoms with Crippen molar-refractivity contribution in [3.05, 3.63) is 29.8 Å². The van der Waals surface area contributed by atoms with Crippen LogP contribution < -0.4 is 4.74 Å². The van der Waals surface area contributed by atoms with Crippen molar-refractivity contribution in [1.82, 2.24) is 0 Å². The van der Waals surface area contributed by atoms with Gasteiger partial charge in [-0.25, -0.2) is 0 Å². The molecule has 0 unspecified atom stereocenters. The van der Waals surface area contributed by atoms with E-state index in [9.17, 15) is 51.1 Å². The van der Waals surface area contributed by atoms with Gasteiger partial charge in [0.05, 0.1) is 19.8 Å². The van der Waals surface area contributed by atoms with Gasteiger partial charge >= 0.3 is 0 Å². The van der Waals surface area contributed by atoms with Crippen LogP contribution in [-0.4, -0.2) is 163 Å². The van der Waals surface area contributed by atoms with Crippen LogP contribution in [0.25, 0.3) is 0 Å². The highest BCUT2D eigenvalue weighted by molar-refractivity contribution is 5.27. The minimum Gasteiger partial charge on any atom is -0.462 e. The molecule has 4 rings (SSSR count). The molecule has 3 fully saturated rings. The zero-order valence-electron chi connectivity index (χ0n) is 26.3. The molecule has 3 heterocycles.